The van der Waals surface area contributed by atoms with E-state index in [1.807, 2.05) is 23.1 Å². The van der Waals surface area contributed by atoms with E-state index < -0.39 is 5.41 Å². The van der Waals surface area contributed by atoms with Crippen molar-refractivity contribution in [3.05, 3.63) is 137 Å². The molecule has 0 amide bonds. The van der Waals surface area contributed by atoms with Gasteiger partial charge < -0.3 is 4.90 Å². The first-order valence-corrected chi connectivity index (χ1v) is 18.5. The summed E-state index contributed by atoms with van der Waals surface area (Å²) in [7, 11) is 0. The lowest BCUT2D eigenvalue weighted by molar-refractivity contribution is -0.0399. The maximum Gasteiger partial charge on any atom is 0.0648 e. The normalized spacial score (nSPS) is 29.8. The number of nitrogens with zero attached hydrogens (tertiary/aromatic N) is 1. The Labute approximate surface area is 303 Å². The van der Waals surface area contributed by atoms with Crippen molar-refractivity contribution in [2.24, 2.45) is 23.7 Å². The average Bonchev–Trinajstić information content (AvgIpc) is 3.51. The van der Waals surface area contributed by atoms with Crippen molar-refractivity contribution in [2.45, 2.75) is 88.9 Å². The molecule has 4 bridgehead atoms. The van der Waals surface area contributed by atoms with E-state index in [1.165, 1.54) is 17.5 Å². The van der Waals surface area contributed by atoms with E-state index >= 15 is 0 Å². The van der Waals surface area contributed by atoms with Gasteiger partial charge in [0.05, 0.1) is 9.60 Å². The third-order valence-electron chi connectivity index (χ3n) is 13.5. The number of fused-ring (bicyclic) bond motifs is 4. The van der Waals surface area contributed by atoms with Gasteiger partial charge in [-0.05, 0) is 160 Å². The lowest BCUT2D eigenvalue weighted by atomic mass is 9.43. The average molecular weight is 647 g/mol. The van der Waals surface area contributed by atoms with E-state index in [-0.39, 0.29) is 65.0 Å². The number of anilines is 3. The lowest BCUT2D eigenvalue weighted by Crippen LogP contribution is -2.55. The van der Waals surface area contributed by atoms with Crippen LogP contribution in [-0.2, 0) is 16.2 Å². The summed E-state index contributed by atoms with van der Waals surface area (Å²) in [5, 5.41) is 0. The van der Waals surface area contributed by atoms with Crippen LogP contribution in [0.2, 0.25) is 0 Å². The molecule has 4 fully saturated rings. The van der Waals surface area contributed by atoms with Crippen LogP contribution in [0, 0.1) is 23.7 Å². The summed E-state index contributed by atoms with van der Waals surface area (Å²) in [5.74, 6) is 1.37. The zero-order valence-electron chi connectivity index (χ0n) is 36.1. The Morgan fingerprint density at radius 1 is 0.551 bits per heavy atom. The van der Waals surface area contributed by atoms with Crippen LogP contribution in [0.15, 0.2) is 115 Å². The molecule has 4 saturated carbocycles. The van der Waals surface area contributed by atoms with Crippen LogP contribution in [-0.4, -0.2) is 0 Å². The second-order valence-electron chi connectivity index (χ2n) is 17.1. The Bertz CT molecular complexity index is 2440. The molecule has 5 aromatic rings. The molecule has 5 aromatic carbocycles. The summed E-state index contributed by atoms with van der Waals surface area (Å²) in [5.41, 5.74) is 7.78. The van der Waals surface area contributed by atoms with Crippen LogP contribution in [0.1, 0.15) is 104 Å². The molecule has 49 heavy (non-hydrogen) atoms. The minimum absolute atomic E-state index is 0.00158. The fourth-order valence-electron chi connectivity index (χ4n) is 11.2. The molecule has 0 radical (unpaired) electrons. The van der Waals surface area contributed by atoms with Crippen molar-refractivity contribution in [2.75, 3.05) is 4.90 Å². The molecule has 0 saturated heterocycles. The van der Waals surface area contributed by atoms with Crippen molar-refractivity contribution in [1.82, 2.24) is 0 Å². The van der Waals surface area contributed by atoms with Gasteiger partial charge in [0, 0.05) is 22.5 Å². The Morgan fingerprint density at radius 2 is 1.16 bits per heavy atom. The molecule has 0 aliphatic heterocycles. The van der Waals surface area contributed by atoms with Crippen LogP contribution < -0.4 is 4.90 Å². The Morgan fingerprint density at radius 3 is 1.88 bits per heavy atom. The fourth-order valence-corrected chi connectivity index (χ4v) is 11.2. The van der Waals surface area contributed by atoms with Crippen molar-refractivity contribution in [3.63, 3.8) is 0 Å². The zero-order chi connectivity index (χ0) is 39.2. The van der Waals surface area contributed by atoms with E-state index in [9.17, 15) is 6.85 Å². The third kappa shape index (κ3) is 4.30. The van der Waals surface area contributed by atoms with Crippen molar-refractivity contribution in [1.29, 1.82) is 0 Å². The minimum Gasteiger partial charge on any atom is -0.310 e. The topological polar surface area (TPSA) is 3.24 Å². The third-order valence-corrected chi connectivity index (χ3v) is 13.5. The van der Waals surface area contributed by atoms with Gasteiger partial charge in [0.25, 0.3) is 0 Å². The summed E-state index contributed by atoms with van der Waals surface area (Å²) in [6, 6.07) is 24.4. The maximum atomic E-state index is 10.5. The van der Waals surface area contributed by atoms with Gasteiger partial charge in [-0.1, -0.05) is 106 Å². The fraction of sp³-hybridized carbons (Fsp3) is 0.375. The Hall–Kier alpha value is -4.10. The van der Waals surface area contributed by atoms with E-state index in [0.29, 0.717) is 39.8 Å². The number of hydrogen-bond acceptors (Lipinski definition) is 1. The van der Waals surface area contributed by atoms with Gasteiger partial charge >= 0.3 is 0 Å². The summed E-state index contributed by atoms with van der Waals surface area (Å²) in [4.78, 5) is 2.03. The van der Waals surface area contributed by atoms with E-state index in [0.717, 1.165) is 61.0 Å². The van der Waals surface area contributed by atoms with Gasteiger partial charge in [0.1, 0.15) is 0 Å². The molecule has 0 unspecified atom stereocenters. The van der Waals surface area contributed by atoms with E-state index in [1.54, 1.807) is 0 Å². The molecule has 0 atom stereocenters. The van der Waals surface area contributed by atoms with Crippen LogP contribution in [0.5, 0.6) is 0 Å². The van der Waals surface area contributed by atoms with Crippen LogP contribution >= 0.6 is 0 Å². The minimum atomic E-state index is -0.811. The molecule has 1 heteroatoms. The smallest absolute Gasteiger partial charge is 0.0648 e. The van der Waals surface area contributed by atoms with E-state index in [4.69, 9.17) is 2.74 Å². The highest BCUT2D eigenvalue weighted by Gasteiger charge is 2.61. The molecule has 0 heterocycles. The summed E-state index contributed by atoms with van der Waals surface area (Å²) >= 11 is 0. The van der Waals surface area contributed by atoms with Gasteiger partial charge in [-0.25, -0.2) is 0 Å². The molecule has 1 spiro atoms. The molecule has 6 aliphatic carbocycles. The Balaban J connectivity index is 1.27. The SMILES string of the molecule is [2H]c1c([2H])c([2H])c2c(c1[2H])-c1c([2H])c([2H])c(N(c3ccc(-c4ccccc4)cc3)c3ccc4c(c3)C(C)(C)CCC4(C)C)c([2H])c1C21C2CC3CC(C2)CC1C3. The van der Waals surface area contributed by atoms with Crippen molar-refractivity contribution in [3.8, 4) is 22.3 Å². The number of rotatable bonds is 4. The molecule has 11 rings (SSSR count). The summed E-state index contributed by atoms with van der Waals surface area (Å²) in [6.07, 6.45) is 7.17. The van der Waals surface area contributed by atoms with Gasteiger partial charge in [-0.15, -0.1) is 0 Å². The van der Waals surface area contributed by atoms with Gasteiger partial charge in [-0.2, -0.15) is 0 Å². The van der Waals surface area contributed by atoms with Gasteiger partial charge in [-0.3, -0.25) is 0 Å². The van der Waals surface area contributed by atoms with Crippen LogP contribution in [0.4, 0.5) is 17.1 Å². The van der Waals surface area contributed by atoms with Crippen LogP contribution in [0.25, 0.3) is 22.3 Å². The summed E-state index contributed by atoms with van der Waals surface area (Å²) < 4.78 is 66.6. The first kappa shape index (κ1) is 23.3. The second-order valence-corrected chi connectivity index (χ2v) is 17.1. The highest BCUT2D eigenvalue weighted by molar-refractivity contribution is 5.87. The summed E-state index contributed by atoms with van der Waals surface area (Å²) in [6.45, 7) is 9.23. The molecule has 1 nitrogen and oxygen atoms in total. The van der Waals surface area contributed by atoms with Crippen molar-refractivity contribution < 1.29 is 9.60 Å². The van der Waals surface area contributed by atoms with Crippen molar-refractivity contribution >= 4 is 17.1 Å². The monoisotopic (exact) mass is 646 g/mol. The maximum absolute atomic E-state index is 10.5. The lowest BCUT2D eigenvalue weighted by Gasteiger charge is -2.61. The zero-order valence-corrected chi connectivity index (χ0v) is 29.1. The first-order valence-electron chi connectivity index (χ1n) is 22.0. The molecular weight excluding hydrogens is 591 g/mol. The largest absolute Gasteiger partial charge is 0.310 e. The number of benzene rings is 5. The molecular formula is C48H49N. The van der Waals surface area contributed by atoms with E-state index in [2.05, 4.69) is 82.3 Å². The van der Waals surface area contributed by atoms with Crippen LogP contribution in [0.3, 0.4) is 0 Å². The molecule has 0 N–H and O–H groups in total. The number of hydrogen-bond donors (Lipinski definition) is 0. The van der Waals surface area contributed by atoms with Gasteiger partial charge in [0.15, 0.2) is 0 Å². The Kier molecular flexibility index (Phi) is 4.98. The highest BCUT2D eigenvalue weighted by atomic mass is 15.1. The first-order chi connectivity index (χ1) is 26.6. The molecule has 6 aliphatic rings. The standard InChI is InChI=1S/C48H49N/c1-46(2)22-23-47(3,4)45-30-39(19-21-43(45)46)49(37-16-14-34(15-17-37)33-10-6-5-7-11-33)38-18-20-41-40-12-8-9-13-42(40)48(44(41)29-38)35-25-31-24-32(27-35)28-36(48)26-31/h5-21,29-32,35-36H,22-28H2,1-4H3/i8D,9D,12D,13D,18D,20D,29D. The molecule has 246 valence electrons. The predicted octanol–water partition coefficient (Wildman–Crippen LogP) is 12.9. The quantitative estimate of drug-likeness (QED) is 0.188. The predicted molar refractivity (Wildman–Crippen MR) is 205 cm³/mol. The van der Waals surface area contributed by atoms with Gasteiger partial charge in [0.2, 0.25) is 0 Å². The molecule has 0 aromatic heterocycles. The second kappa shape index (κ2) is 10.5. The highest BCUT2D eigenvalue weighted by Crippen LogP contribution is 2.69.